The maximum Gasteiger partial charge on any atom is 0.318 e. The summed E-state index contributed by atoms with van der Waals surface area (Å²) in [6.07, 6.45) is 5.41. The van der Waals surface area contributed by atoms with Crippen LogP contribution in [-0.2, 0) is 14.3 Å². The Labute approximate surface area is 123 Å². The number of imide groups is 1. The number of nitrogens with one attached hydrogen (secondary N) is 1. The molecule has 3 N–H and O–H groups in total. The van der Waals surface area contributed by atoms with Crippen LogP contribution in [0.4, 0.5) is 4.79 Å². The Bertz CT molecular complexity index is 453. The highest BCUT2D eigenvalue weighted by atomic mass is 16.5. The van der Waals surface area contributed by atoms with Gasteiger partial charge in [0, 0.05) is 0 Å². The summed E-state index contributed by atoms with van der Waals surface area (Å²) >= 11 is 0. The molecular weight excluding hydrogens is 272 g/mol. The molecule has 4 rings (SSSR count). The molecule has 21 heavy (non-hydrogen) atoms. The molecule has 3 amide bonds. The van der Waals surface area contributed by atoms with Crippen molar-refractivity contribution in [1.82, 2.24) is 5.32 Å². The number of hydrogen-bond donors (Lipinski definition) is 2. The van der Waals surface area contributed by atoms with Crippen molar-refractivity contribution in [2.75, 3.05) is 0 Å². The number of urea groups is 1. The molecule has 0 aromatic rings. The van der Waals surface area contributed by atoms with Crippen molar-refractivity contribution in [3.63, 3.8) is 0 Å². The van der Waals surface area contributed by atoms with Gasteiger partial charge in [0.1, 0.15) is 0 Å². The van der Waals surface area contributed by atoms with E-state index < -0.39 is 23.5 Å². The van der Waals surface area contributed by atoms with Crippen molar-refractivity contribution < 1.29 is 19.1 Å². The van der Waals surface area contributed by atoms with Gasteiger partial charge < -0.3 is 10.5 Å². The van der Waals surface area contributed by atoms with Gasteiger partial charge in [0.2, 0.25) is 0 Å². The summed E-state index contributed by atoms with van der Waals surface area (Å²) in [6, 6.07) is -0.933. The first-order valence-corrected chi connectivity index (χ1v) is 7.69. The van der Waals surface area contributed by atoms with Crippen LogP contribution in [0.3, 0.4) is 0 Å². The lowest BCUT2D eigenvalue weighted by molar-refractivity contribution is -0.178. The molecule has 0 spiro atoms. The largest absolute Gasteiger partial charge is 0.452 e. The number of hydrogen-bond acceptors (Lipinski definition) is 4. The fraction of sp³-hybridized carbons (Fsp3) is 0.800. The smallest absolute Gasteiger partial charge is 0.318 e. The first-order valence-electron chi connectivity index (χ1n) is 7.69. The number of rotatable bonds is 3. The van der Waals surface area contributed by atoms with Crippen LogP contribution >= 0.6 is 0 Å². The number of nitrogens with two attached hydrogens (primary N) is 1. The molecule has 6 nitrogen and oxygen atoms in total. The van der Waals surface area contributed by atoms with E-state index in [4.69, 9.17) is 10.5 Å². The topological polar surface area (TPSA) is 98.5 Å². The zero-order chi connectivity index (χ0) is 15.2. The fourth-order valence-corrected chi connectivity index (χ4v) is 4.92. The van der Waals surface area contributed by atoms with Gasteiger partial charge in [-0.1, -0.05) is 0 Å². The lowest BCUT2D eigenvalue weighted by Gasteiger charge is -2.55. The number of carbonyl (C=O) groups is 3. The average Bonchev–Trinajstić information content (AvgIpc) is 2.35. The third-order valence-electron chi connectivity index (χ3n) is 5.37. The summed E-state index contributed by atoms with van der Waals surface area (Å²) in [5, 5.41) is 1.94. The third-order valence-corrected chi connectivity index (χ3v) is 5.37. The van der Waals surface area contributed by atoms with Crippen molar-refractivity contribution in [1.29, 1.82) is 0 Å². The van der Waals surface area contributed by atoms with E-state index in [1.54, 1.807) is 0 Å². The van der Waals surface area contributed by atoms with E-state index in [0.29, 0.717) is 17.8 Å². The zero-order valence-electron chi connectivity index (χ0n) is 12.3. The fourth-order valence-electron chi connectivity index (χ4n) is 4.92. The van der Waals surface area contributed by atoms with Crippen molar-refractivity contribution in [2.24, 2.45) is 28.9 Å². The molecule has 4 aliphatic carbocycles. The lowest BCUT2D eigenvalue weighted by Crippen LogP contribution is -2.52. The summed E-state index contributed by atoms with van der Waals surface area (Å²) in [6.45, 7) is 1.47. The standard InChI is InChI=1S/C15H22N2O4/c1-8(12(18)17-14(16)20)21-13(19)15-5-9-2-10(6-15)4-11(3-9)7-15/h8-11H,2-7H2,1H3,(H3,16,17,18,20). The van der Waals surface area contributed by atoms with Gasteiger partial charge in [-0.25, -0.2) is 4.79 Å². The molecule has 4 aliphatic rings. The highest BCUT2D eigenvalue weighted by Gasteiger charge is 2.55. The van der Waals surface area contributed by atoms with E-state index in [1.165, 1.54) is 26.2 Å². The normalized spacial score (nSPS) is 37.9. The maximum atomic E-state index is 12.6. The zero-order valence-corrected chi connectivity index (χ0v) is 12.3. The Kier molecular flexibility index (Phi) is 3.42. The Balaban J connectivity index is 1.65. The van der Waals surface area contributed by atoms with Gasteiger partial charge in [-0.05, 0) is 63.2 Å². The molecule has 0 aromatic carbocycles. The molecular formula is C15H22N2O4. The molecule has 0 aliphatic heterocycles. The van der Waals surface area contributed by atoms with Gasteiger partial charge in [-0.3, -0.25) is 14.9 Å². The van der Waals surface area contributed by atoms with Gasteiger partial charge in [0.15, 0.2) is 6.10 Å². The second-order valence-electron chi connectivity index (χ2n) is 7.10. The molecule has 6 heteroatoms. The monoisotopic (exact) mass is 294 g/mol. The predicted molar refractivity (Wildman–Crippen MR) is 73.9 cm³/mol. The third kappa shape index (κ3) is 2.63. The molecule has 0 saturated heterocycles. The second kappa shape index (κ2) is 5.00. The van der Waals surface area contributed by atoms with Crippen LogP contribution < -0.4 is 11.1 Å². The average molecular weight is 294 g/mol. The van der Waals surface area contributed by atoms with Crippen LogP contribution in [0.25, 0.3) is 0 Å². The van der Waals surface area contributed by atoms with E-state index >= 15 is 0 Å². The van der Waals surface area contributed by atoms with Gasteiger partial charge >= 0.3 is 12.0 Å². The molecule has 4 saturated carbocycles. The van der Waals surface area contributed by atoms with Crippen LogP contribution in [0, 0.1) is 23.2 Å². The Morgan fingerprint density at radius 1 is 1.10 bits per heavy atom. The van der Waals surface area contributed by atoms with E-state index in [9.17, 15) is 14.4 Å². The summed E-state index contributed by atoms with van der Waals surface area (Å²) in [5.74, 6) is 0.977. The van der Waals surface area contributed by atoms with E-state index in [0.717, 1.165) is 19.3 Å². The molecule has 0 aromatic heterocycles. The van der Waals surface area contributed by atoms with Gasteiger partial charge in [0.25, 0.3) is 5.91 Å². The van der Waals surface area contributed by atoms with E-state index in [2.05, 4.69) is 0 Å². The van der Waals surface area contributed by atoms with Crippen LogP contribution in [0.1, 0.15) is 45.4 Å². The number of esters is 1. The number of primary amides is 1. The Morgan fingerprint density at radius 2 is 1.57 bits per heavy atom. The van der Waals surface area contributed by atoms with Crippen LogP contribution in [0.15, 0.2) is 0 Å². The number of amides is 3. The minimum atomic E-state index is -0.988. The van der Waals surface area contributed by atoms with Crippen molar-refractivity contribution >= 4 is 17.9 Å². The van der Waals surface area contributed by atoms with E-state index in [-0.39, 0.29) is 5.97 Å². The maximum absolute atomic E-state index is 12.6. The second-order valence-corrected chi connectivity index (χ2v) is 7.10. The van der Waals surface area contributed by atoms with Crippen molar-refractivity contribution in [3.05, 3.63) is 0 Å². The van der Waals surface area contributed by atoms with Crippen LogP contribution in [0.2, 0.25) is 0 Å². The Hall–Kier alpha value is -1.59. The molecule has 1 unspecified atom stereocenters. The van der Waals surface area contributed by atoms with Gasteiger partial charge in [0.05, 0.1) is 5.41 Å². The summed E-state index contributed by atoms with van der Waals surface area (Å²) in [5.41, 5.74) is 4.50. The molecule has 1 atom stereocenters. The minimum absolute atomic E-state index is 0.270. The number of ether oxygens (including phenoxy) is 1. The predicted octanol–water partition coefficient (Wildman–Crippen LogP) is 1.33. The molecule has 4 fully saturated rings. The Morgan fingerprint density at radius 3 is 2.00 bits per heavy atom. The van der Waals surface area contributed by atoms with Gasteiger partial charge in [-0.15, -0.1) is 0 Å². The molecule has 4 bridgehead atoms. The lowest BCUT2D eigenvalue weighted by atomic mass is 9.49. The summed E-state index contributed by atoms with van der Waals surface area (Å²) < 4.78 is 5.34. The van der Waals surface area contributed by atoms with Gasteiger partial charge in [-0.2, -0.15) is 0 Å². The summed E-state index contributed by atoms with van der Waals surface area (Å²) in [7, 11) is 0. The minimum Gasteiger partial charge on any atom is -0.452 e. The SMILES string of the molecule is CC(OC(=O)C12CC3CC(CC(C3)C1)C2)C(=O)NC(N)=O. The number of carbonyl (C=O) groups excluding carboxylic acids is 3. The highest BCUT2D eigenvalue weighted by Crippen LogP contribution is 2.60. The quantitative estimate of drug-likeness (QED) is 0.767. The molecule has 0 radical (unpaired) electrons. The highest BCUT2D eigenvalue weighted by molar-refractivity contribution is 5.96. The van der Waals surface area contributed by atoms with Crippen LogP contribution in [-0.4, -0.2) is 24.0 Å². The molecule has 0 heterocycles. The first kappa shape index (κ1) is 14.4. The summed E-state index contributed by atoms with van der Waals surface area (Å²) in [4.78, 5) is 34.9. The van der Waals surface area contributed by atoms with Crippen molar-refractivity contribution in [3.8, 4) is 0 Å². The first-order chi connectivity index (χ1) is 9.88. The molecule has 116 valence electrons. The van der Waals surface area contributed by atoms with E-state index in [1.807, 2.05) is 5.32 Å². The van der Waals surface area contributed by atoms with Crippen molar-refractivity contribution in [2.45, 2.75) is 51.6 Å². The van der Waals surface area contributed by atoms with Crippen LogP contribution in [0.5, 0.6) is 0 Å².